The second-order valence-electron chi connectivity index (χ2n) is 7.19. The second kappa shape index (κ2) is 11.4. The van der Waals surface area contributed by atoms with E-state index in [2.05, 4.69) is 10.6 Å². The minimum absolute atomic E-state index is 0.0255. The first kappa shape index (κ1) is 22.7. The molecule has 1 aliphatic rings. The summed E-state index contributed by atoms with van der Waals surface area (Å²) in [5, 5.41) is 15.2. The van der Waals surface area contributed by atoms with E-state index in [-0.39, 0.29) is 17.7 Å². The van der Waals surface area contributed by atoms with Gasteiger partial charge in [0.15, 0.2) is 0 Å². The van der Waals surface area contributed by atoms with Crippen molar-refractivity contribution < 1.29 is 19.1 Å². The van der Waals surface area contributed by atoms with E-state index < -0.39 is 5.91 Å². The Kier molecular flexibility index (Phi) is 8.09. The maximum absolute atomic E-state index is 12.5. The fourth-order valence-corrected chi connectivity index (χ4v) is 3.22. The molecule has 2 aromatic rings. The third kappa shape index (κ3) is 6.51. The quantitative estimate of drug-likeness (QED) is 0.504. The van der Waals surface area contributed by atoms with Gasteiger partial charge in [-0.05, 0) is 56.2 Å². The number of para-hydroxylation sites is 1. The minimum Gasteiger partial charge on any atom is -0.457 e. The molecule has 0 unspecified atom stereocenters. The van der Waals surface area contributed by atoms with Crippen molar-refractivity contribution in [2.75, 3.05) is 25.0 Å². The first-order valence-corrected chi connectivity index (χ1v) is 10.5. The average molecular weight is 434 g/mol. The lowest BCUT2D eigenvalue weighted by Gasteiger charge is -2.31. The Morgan fingerprint density at radius 3 is 2.38 bits per heavy atom. The molecule has 0 radical (unpaired) electrons. The highest BCUT2D eigenvalue weighted by Crippen LogP contribution is 2.22. The van der Waals surface area contributed by atoms with Crippen molar-refractivity contribution >= 4 is 17.7 Å². The van der Waals surface area contributed by atoms with Crippen molar-refractivity contribution in [1.29, 1.82) is 5.26 Å². The number of amides is 2. The number of nitriles is 1. The molecule has 0 aliphatic carbocycles. The summed E-state index contributed by atoms with van der Waals surface area (Å²) in [6, 6.07) is 18.3. The lowest BCUT2D eigenvalue weighted by Crippen LogP contribution is -2.44. The van der Waals surface area contributed by atoms with Gasteiger partial charge in [0.25, 0.3) is 5.91 Å². The van der Waals surface area contributed by atoms with E-state index in [1.54, 1.807) is 36.1 Å². The van der Waals surface area contributed by atoms with Crippen LogP contribution in [0.25, 0.3) is 0 Å². The van der Waals surface area contributed by atoms with E-state index in [1.165, 1.54) is 6.20 Å². The van der Waals surface area contributed by atoms with Crippen LogP contribution in [-0.2, 0) is 9.53 Å². The molecule has 1 fully saturated rings. The van der Waals surface area contributed by atoms with Crippen molar-refractivity contribution in [2.45, 2.75) is 25.8 Å². The molecule has 1 heterocycles. The monoisotopic (exact) mass is 434 g/mol. The Labute approximate surface area is 187 Å². The van der Waals surface area contributed by atoms with Gasteiger partial charge in [-0.15, -0.1) is 0 Å². The molecule has 0 aromatic heterocycles. The standard InChI is InChI=1S/C24H26N4O4/c1-2-31-24(30)28-14-12-19(13-15-28)26-17-18(16-25)23(29)27-20-8-10-22(11-9-20)32-21-6-4-3-5-7-21/h3-11,17,19,26H,2,12-15H2,1H3,(H,27,29)/b18-17-. The van der Waals surface area contributed by atoms with Crippen LogP contribution >= 0.6 is 0 Å². The molecule has 3 rings (SSSR count). The number of carbonyl (C=O) groups is 2. The first-order valence-electron chi connectivity index (χ1n) is 10.5. The number of carbonyl (C=O) groups excluding carboxylic acids is 2. The van der Waals surface area contributed by atoms with Gasteiger partial charge in [0.05, 0.1) is 6.61 Å². The molecule has 8 heteroatoms. The summed E-state index contributed by atoms with van der Waals surface area (Å²) in [5.41, 5.74) is 0.529. The van der Waals surface area contributed by atoms with Crippen LogP contribution in [0.1, 0.15) is 19.8 Å². The molecular formula is C24H26N4O4. The van der Waals surface area contributed by atoms with Gasteiger partial charge in [-0.3, -0.25) is 4.79 Å². The molecule has 2 aromatic carbocycles. The van der Waals surface area contributed by atoms with Crippen LogP contribution in [0.4, 0.5) is 10.5 Å². The Morgan fingerprint density at radius 1 is 1.09 bits per heavy atom. The van der Waals surface area contributed by atoms with Crippen molar-refractivity contribution in [3.8, 4) is 17.6 Å². The van der Waals surface area contributed by atoms with Crippen LogP contribution in [-0.4, -0.2) is 42.6 Å². The normalized spacial score (nSPS) is 14.2. The van der Waals surface area contributed by atoms with Gasteiger partial charge in [0.1, 0.15) is 23.1 Å². The molecule has 1 saturated heterocycles. The number of hydrogen-bond acceptors (Lipinski definition) is 6. The predicted octanol–water partition coefficient (Wildman–Crippen LogP) is 4.04. The van der Waals surface area contributed by atoms with E-state index in [0.717, 1.165) is 5.75 Å². The zero-order valence-corrected chi connectivity index (χ0v) is 17.9. The molecular weight excluding hydrogens is 408 g/mol. The fraction of sp³-hybridized carbons (Fsp3) is 0.292. The number of anilines is 1. The lowest BCUT2D eigenvalue weighted by molar-refractivity contribution is -0.112. The van der Waals surface area contributed by atoms with Crippen LogP contribution in [0, 0.1) is 11.3 Å². The van der Waals surface area contributed by atoms with Crippen LogP contribution in [0.2, 0.25) is 0 Å². The third-order valence-corrected chi connectivity index (χ3v) is 4.94. The summed E-state index contributed by atoms with van der Waals surface area (Å²) >= 11 is 0. The maximum Gasteiger partial charge on any atom is 0.409 e. The average Bonchev–Trinajstić information content (AvgIpc) is 2.82. The Bertz CT molecular complexity index is 975. The van der Waals surface area contributed by atoms with Gasteiger partial charge in [-0.25, -0.2) is 4.79 Å². The molecule has 32 heavy (non-hydrogen) atoms. The molecule has 0 spiro atoms. The summed E-state index contributed by atoms with van der Waals surface area (Å²) in [4.78, 5) is 25.9. The van der Waals surface area contributed by atoms with E-state index in [0.29, 0.717) is 44.0 Å². The molecule has 8 nitrogen and oxygen atoms in total. The fourth-order valence-electron chi connectivity index (χ4n) is 3.22. The number of ether oxygens (including phenoxy) is 2. The summed E-state index contributed by atoms with van der Waals surface area (Å²) in [6.45, 7) is 3.26. The minimum atomic E-state index is -0.499. The number of likely N-dealkylation sites (tertiary alicyclic amines) is 1. The van der Waals surface area contributed by atoms with E-state index in [4.69, 9.17) is 9.47 Å². The molecule has 2 N–H and O–H groups in total. The topological polar surface area (TPSA) is 104 Å². The van der Waals surface area contributed by atoms with Gasteiger partial charge in [0, 0.05) is 31.0 Å². The zero-order chi connectivity index (χ0) is 22.8. The lowest BCUT2D eigenvalue weighted by atomic mass is 10.1. The van der Waals surface area contributed by atoms with Gasteiger partial charge < -0.3 is 25.0 Å². The number of nitrogens with zero attached hydrogens (tertiary/aromatic N) is 2. The van der Waals surface area contributed by atoms with Crippen molar-refractivity contribution in [1.82, 2.24) is 10.2 Å². The zero-order valence-electron chi connectivity index (χ0n) is 17.9. The number of hydrogen-bond donors (Lipinski definition) is 2. The summed E-state index contributed by atoms with van der Waals surface area (Å²) < 4.78 is 10.7. The highest BCUT2D eigenvalue weighted by molar-refractivity contribution is 6.06. The van der Waals surface area contributed by atoms with Gasteiger partial charge in [0.2, 0.25) is 0 Å². The van der Waals surface area contributed by atoms with Crippen LogP contribution in [0.3, 0.4) is 0 Å². The van der Waals surface area contributed by atoms with Gasteiger partial charge >= 0.3 is 6.09 Å². The molecule has 0 saturated carbocycles. The Hall–Kier alpha value is -3.99. The largest absolute Gasteiger partial charge is 0.457 e. The predicted molar refractivity (Wildman–Crippen MR) is 120 cm³/mol. The number of rotatable bonds is 7. The molecule has 2 amide bonds. The first-order chi connectivity index (χ1) is 15.6. The maximum atomic E-state index is 12.5. The van der Waals surface area contributed by atoms with E-state index in [9.17, 15) is 14.9 Å². The summed E-state index contributed by atoms with van der Waals surface area (Å²) in [5.74, 6) is 0.861. The van der Waals surface area contributed by atoms with Crippen LogP contribution in [0.5, 0.6) is 11.5 Å². The van der Waals surface area contributed by atoms with E-state index >= 15 is 0 Å². The third-order valence-electron chi connectivity index (χ3n) is 4.94. The van der Waals surface area contributed by atoms with Crippen LogP contribution in [0.15, 0.2) is 66.4 Å². The SMILES string of the molecule is CCOC(=O)N1CCC(N/C=C(/C#N)C(=O)Nc2ccc(Oc3ccccc3)cc2)CC1. The number of benzene rings is 2. The molecule has 0 atom stereocenters. The molecule has 166 valence electrons. The summed E-state index contributed by atoms with van der Waals surface area (Å²) in [7, 11) is 0. The molecule has 1 aliphatic heterocycles. The van der Waals surface area contributed by atoms with E-state index in [1.807, 2.05) is 36.4 Å². The highest BCUT2D eigenvalue weighted by atomic mass is 16.6. The highest BCUT2D eigenvalue weighted by Gasteiger charge is 2.23. The van der Waals surface area contributed by atoms with Gasteiger partial charge in [-0.2, -0.15) is 5.26 Å². The van der Waals surface area contributed by atoms with Crippen molar-refractivity contribution in [3.63, 3.8) is 0 Å². The van der Waals surface area contributed by atoms with Gasteiger partial charge in [-0.1, -0.05) is 18.2 Å². The summed E-state index contributed by atoms with van der Waals surface area (Å²) in [6.07, 6.45) is 2.54. The van der Waals surface area contributed by atoms with Crippen molar-refractivity contribution in [2.24, 2.45) is 0 Å². The Balaban J connectivity index is 1.50. The second-order valence-corrected chi connectivity index (χ2v) is 7.19. The Morgan fingerprint density at radius 2 is 1.75 bits per heavy atom. The number of piperidine rings is 1. The van der Waals surface area contributed by atoms with Crippen molar-refractivity contribution in [3.05, 3.63) is 66.4 Å². The van der Waals surface area contributed by atoms with Crippen LogP contribution < -0.4 is 15.4 Å². The molecule has 0 bridgehead atoms. The smallest absolute Gasteiger partial charge is 0.409 e. The number of nitrogens with one attached hydrogen (secondary N) is 2.